The summed E-state index contributed by atoms with van der Waals surface area (Å²) in [6, 6.07) is 0.225. The van der Waals surface area contributed by atoms with Crippen molar-refractivity contribution in [1.82, 2.24) is 9.97 Å². The van der Waals surface area contributed by atoms with E-state index in [1.165, 1.54) is 6.33 Å². The molecule has 1 aromatic rings. The average Bonchev–Trinajstić information content (AvgIpc) is 2.24. The molecule has 1 heterocycles. The Kier molecular flexibility index (Phi) is 5.12. The van der Waals surface area contributed by atoms with Crippen LogP contribution in [-0.2, 0) is 0 Å². The molecule has 0 unspecified atom stereocenters. The van der Waals surface area contributed by atoms with Crippen molar-refractivity contribution < 1.29 is 4.39 Å². The molecule has 0 aromatic carbocycles. The molecule has 0 saturated carbocycles. The molecule has 0 saturated heterocycles. The van der Waals surface area contributed by atoms with Crippen LogP contribution in [0.15, 0.2) is 6.33 Å². The molecule has 16 heavy (non-hydrogen) atoms. The number of rotatable bonds is 5. The van der Waals surface area contributed by atoms with Crippen LogP contribution in [-0.4, -0.2) is 27.9 Å². The van der Waals surface area contributed by atoms with E-state index in [9.17, 15) is 4.39 Å². The van der Waals surface area contributed by atoms with Crippen molar-refractivity contribution in [3.63, 3.8) is 0 Å². The van der Waals surface area contributed by atoms with Gasteiger partial charge in [0, 0.05) is 17.9 Å². The van der Waals surface area contributed by atoms with Crippen molar-refractivity contribution >= 4 is 21.7 Å². The standard InChI is InChI=1S/C11H17BrFN3/c1-8(2)16(6-4-5-12)11-10(13)9(3)14-7-15-11/h7-8H,4-6H2,1-3H3. The second kappa shape index (κ2) is 6.13. The van der Waals surface area contributed by atoms with E-state index in [4.69, 9.17) is 0 Å². The van der Waals surface area contributed by atoms with E-state index in [1.807, 2.05) is 18.7 Å². The summed E-state index contributed by atoms with van der Waals surface area (Å²) in [6.07, 6.45) is 2.37. The van der Waals surface area contributed by atoms with Crippen LogP contribution < -0.4 is 4.90 Å². The van der Waals surface area contributed by atoms with E-state index >= 15 is 0 Å². The number of anilines is 1. The molecular formula is C11H17BrFN3. The molecule has 0 N–H and O–H groups in total. The number of alkyl halides is 1. The van der Waals surface area contributed by atoms with Crippen molar-refractivity contribution in [3.8, 4) is 0 Å². The van der Waals surface area contributed by atoms with Crippen LogP contribution in [0.1, 0.15) is 26.0 Å². The van der Waals surface area contributed by atoms with E-state index in [1.54, 1.807) is 6.92 Å². The van der Waals surface area contributed by atoms with Gasteiger partial charge in [-0.1, -0.05) is 15.9 Å². The number of halogens is 2. The molecule has 0 spiro atoms. The Morgan fingerprint density at radius 2 is 2.12 bits per heavy atom. The highest BCUT2D eigenvalue weighted by Crippen LogP contribution is 2.19. The molecule has 5 heteroatoms. The van der Waals surface area contributed by atoms with E-state index in [0.717, 1.165) is 18.3 Å². The first-order valence-electron chi connectivity index (χ1n) is 5.37. The van der Waals surface area contributed by atoms with Crippen LogP contribution in [0.3, 0.4) is 0 Å². The molecule has 0 atom stereocenters. The number of hydrogen-bond donors (Lipinski definition) is 0. The largest absolute Gasteiger partial charge is 0.352 e. The zero-order valence-corrected chi connectivity index (χ0v) is 11.5. The van der Waals surface area contributed by atoms with E-state index < -0.39 is 0 Å². The topological polar surface area (TPSA) is 29.0 Å². The maximum Gasteiger partial charge on any atom is 0.186 e. The van der Waals surface area contributed by atoms with Gasteiger partial charge < -0.3 is 4.90 Å². The second-order valence-electron chi connectivity index (χ2n) is 3.93. The maximum absolute atomic E-state index is 13.9. The minimum atomic E-state index is -0.314. The summed E-state index contributed by atoms with van der Waals surface area (Å²) < 4.78 is 13.9. The number of aryl methyl sites for hydroxylation is 1. The lowest BCUT2D eigenvalue weighted by Crippen LogP contribution is -2.33. The minimum Gasteiger partial charge on any atom is -0.352 e. The van der Waals surface area contributed by atoms with Crippen LogP contribution in [0, 0.1) is 12.7 Å². The van der Waals surface area contributed by atoms with E-state index in [-0.39, 0.29) is 11.9 Å². The molecule has 1 aromatic heterocycles. The molecule has 90 valence electrons. The molecule has 0 aliphatic carbocycles. The fraction of sp³-hybridized carbons (Fsp3) is 0.636. The van der Waals surface area contributed by atoms with Crippen molar-refractivity contribution in [2.45, 2.75) is 33.2 Å². The molecule has 0 radical (unpaired) electrons. The summed E-state index contributed by atoms with van der Waals surface area (Å²) in [6.45, 7) is 6.51. The molecule has 0 bridgehead atoms. The lowest BCUT2D eigenvalue weighted by molar-refractivity contribution is 0.572. The Balaban J connectivity index is 2.96. The number of aromatic nitrogens is 2. The fourth-order valence-corrected chi connectivity index (χ4v) is 1.74. The lowest BCUT2D eigenvalue weighted by atomic mass is 10.2. The number of nitrogens with zero attached hydrogens (tertiary/aromatic N) is 3. The Morgan fingerprint density at radius 1 is 1.44 bits per heavy atom. The van der Waals surface area contributed by atoms with Crippen molar-refractivity contribution in [2.75, 3.05) is 16.8 Å². The molecule has 0 aliphatic rings. The van der Waals surface area contributed by atoms with Crippen LogP contribution in [0.25, 0.3) is 0 Å². The lowest BCUT2D eigenvalue weighted by Gasteiger charge is -2.28. The normalized spacial score (nSPS) is 10.9. The summed E-state index contributed by atoms with van der Waals surface area (Å²) in [5.41, 5.74) is 0.398. The molecule has 3 nitrogen and oxygen atoms in total. The average molecular weight is 290 g/mol. The van der Waals surface area contributed by atoms with Gasteiger partial charge in [-0.15, -0.1) is 0 Å². The maximum atomic E-state index is 13.9. The van der Waals surface area contributed by atoms with Crippen molar-refractivity contribution in [3.05, 3.63) is 17.8 Å². The van der Waals surface area contributed by atoms with Crippen LogP contribution in [0.5, 0.6) is 0 Å². The van der Waals surface area contributed by atoms with Crippen molar-refractivity contribution in [2.24, 2.45) is 0 Å². The highest BCUT2D eigenvalue weighted by Gasteiger charge is 2.17. The van der Waals surface area contributed by atoms with Crippen molar-refractivity contribution in [1.29, 1.82) is 0 Å². The van der Waals surface area contributed by atoms with Gasteiger partial charge >= 0.3 is 0 Å². The monoisotopic (exact) mass is 289 g/mol. The quantitative estimate of drug-likeness (QED) is 0.781. The number of hydrogen-bond acceptors (Lipinski definition) is 3. The van der Waals surface area contributed by atoms with Gasteiger partial charge in [-0.05, 0) is 27.2 Å². The first kappa shape index (κ1) is 13.4. The Bertz CT molecular complexity index is 344. The SMILES string of the molecule is Cc1ncnc(N(CCCBr)C(C)C)c1F. The third kappa shape index (κ3) is 3.14. The summed E-state index contributed by atoms with van der Waals surface area (Å²) >= 11 is 3.38. The second-order valence-corrected chi connectivity index (χ2v) is 4.72. The first-order valence-corrected chi connectivity index (χ1v) is 6.49. The minimum absolute atomic E-state index is 0.225. The molecule has 1 rings (SSSR count). The highest BCUT2D eigenvalue weighted by atomic mass is 79.9. The van der Waals surface area contributed by atoms with Gasteiger partial charge in [0.1, 0.15) is 6.33 Å². The highest BCUT2D eigenvalue weighted by molar-refractivity contribution is 9.09. The molecule has 0 amide bonds. The fourth-order valence-electron chi connectivity index (χ4n) is 1.48. The molecular weight excluding hydrogens is 273 g/mol. The van der Waals surface area contributed by atoms with Gasteiger partial charge in [-0.25, -0.2) is 14.4 Å². The Hall–Kier alpha value is -0.710. The van der Waals surface area contributed by atoms with Gasteiger partial charge in [0.15, 0.2) is 11.6 Å². The summed E-state index contributed by atoms with van der Waals surface area (Å²) in [7, 11) is 0. The Labute approximate surface area is 104 Å². The zero-order valence-electron chi connectivity index (χ0n) is 9.87. The van der Waals surface area contributed by atoms with Gasteiger partial charge in [-0.2, -0.15) is 0 Å². The van der Waals surface area contributed by atoms with E-state index in [2.05, 4.69) is 25.9 Å². The summed E-state index contributed by atoms with van der Waals surface area (Å²) in [5.74, 6) is 0.0919. The van der Waals surface area contributed by atoms with Gasteiger partial charge in [0.25, 0.3) is 0 Å². The zero-order chi connectivity index (χ0) is 12.1. The van der Waals surface area contributed by atoms with Gasteiger partial charge in [0.05, 0.1) is 5.69 Å². The van der Waals surface area contributed by atoms with Crippen LogP contribution in [0.2, 0.25) is 0 Å². The predicted molar refractivity (Wildman–Crippen MR) is 67.6 cm³/mol. The third-order valence-electron chi connectivity index (χ3n) is 2.37. The van der Waals surface area contributed by atoms with E-state index in [0.29, 0.717) is 11.5 Å². The van der Waals surface area contributed by atoms with Crippen LogP contribution in [0.4, 0.5) is 10.2 Å². The van der Waals surface area contributed by atoms with Crippen LogP contribution >= 0.6 is 15.9 Å². The molecule has 0 fully saturated rings. The van der Waals surface area contributed by atoms with Gasteiger partial charge in [-0.3, -0.25) is 0 Å². The Morgan fingerprint density at radius 3 is 2.69 bits per heavy atom. The summed E-state index contributed by atoms with van der Waals surface area (Å²) in [4.78, 5) is 9.84. The first-order chi connectivity index (χ1) is 7.57. The smallest absolute Gasteiger partial charge is 0.186 e. The van der Waals surface area contributed by atoms with Gasteiger partial charge in [0.2, 0.25) is 0 Å². The molecule has 0 aliphatic heterocycles. The summed E-state index contributed by atoms with van der Waals surface area (Å²) in [5, 5.41) is 0.905. The predicted octanol–water partition coefficient (Wildman–Crippen LogP) is 2.92. The third-order valence-corrected chi connectivity index (χ3v) is 2.93.